The maximum absolute atomic E-state index is 2.51. The van der Waals surface area contributed by atoms with Gasteiger partial charge in [0, 0.05) is 18.8 Å². The first-order valence-corrected chi connectivity index (χ1v) is 6.43. The largest absolute Gasteiger partial charge is 0.372 e. The normalized spacial score (nSPS) is 17.6. The summed E-state index contributed by atoms with van der Waals surface area (Å²) in [7, 11) is 0. The highest BCUT2D eigenvalue weighted by atomic mass is 15.1. The molecule has 1 heteroatoms. The lowest BCUT2D eigenvalue weighted by molar-refractivity contribution is 0.575. The third-order valence-electron chi connectivity index (χ3n) is 3.45. The zero-order chi connectivity index (χ0) is 11.6. The lowest BCUT2D eigenvalue weighted by Gasteiger charge is -2.29. The summed E-state index contributed by atoms with van der Waals surface area (Å²) in [6.45, 7) is 9.26. The second-order valence-electron chi connectivity index (χ2n) is 5.84. The second kappa shape index (κ2) is 4.48. The van der Waals surface area contributed by atoms with E-state index >= 15 is 0 Å². The predicted molar refractivity (Wildman–Crippen MR) is 71.2 cm³/mol. The summed E-state index contributed by atoms with van der Waals surface area (Å²) < 4.78 is 0. The van der Waals surface area contributed by atoms with E-state index in [0.717, 1.165) is 0 Å². The zero-order valence-electron chi connectivity index (χ0n) is 10.8. The first kappa shape index (κ1) is 11.5. The number of rotatable bonds is 1. The summed E-state index contributed by atoms with van der Waals surface area (Å²) in [4.78, 5) is 2.51. The maximum Gasteiger partial charge on any atom is 0.0366 e. The van der Waals surface area contributed by atoms with Gasteiger partial charge < -0.3 is 4.90 Å². The lowest BCUT2D eigenvalue weighted by atomic mass is 9.87. The molecule has 1 aromatic carbocycles. The number of piperidine rings is 1. The number of hydrogen-bond acceptors (Lipinski definition) is 1. The van der Waals surface area contributed by atoms with Crippen molar-refractivity contribution in [2.24, 2.45) is 0 Å². The molecule has 0 spiro atoms. The van der Waals surface area contributed by atoms with E-state index < -0.39 is 0 Å². The molecule has 1 fully saturated rings. The van der Waals surface area contributed by atoms with Crippen LogP contribution in [0.25, 0.3) is 0 Å². The molecule has 1 aliphatic rings. The highest BCUT2D eigenvalue weighted by Crippen LogP contribution is 2.26. The summed E-state index contributed by atoms with van der Waals surface area (Å²) in [6.07, 6.45) is 4.10. The van der Waals surface area contributed by atoms with E-state index in [4.69, 9.17) is 0 Å². The van der Waals surface area contributed by atoms with Gasteiger partial charge in [-0.15, -0.1) is 0 Å². The van der Waals surface area contributed by atoms with E-state index in [-0.39, 0.29) is 5.41 Å². The van der Waals surface area contributed by atoms with Gasteiger partial charge in [-0.2, -0.15) is 0 Å². The fraction of sp³-hybridized carbons (Fsp3) is 0.600. The van der Waals surface area contributed by atoms with Crippen molar-refractivity contribution in [1.82, 2.24) is 0 Å². The van der Waals surface area contributed by atoms with E-state index in [1.807, 2.05) is 0 Å². The van der Waals surface area contributed by atoms with Crippen LogP contribution in [0.1, 0.15) is 45.6 Å². The number of benzene rings is 1. The number of hydrogen-bond donors (Lipinski definition) is 0. The Balaban J connectivity index is 2.12. The van der Waals surface area contributed by atoms with E-state index in [1.165, 1.54) is 43.6 Å². The molecule has 0 radical (unpaired) electrons. The Kier molecular flexibility index (Phi) is 3.22. The average molecular weight is 217 g/mol. The number of anilines is 1. The third-order valence-corrected chi connectivity index (χ3v) is 3.45. The lowest BCUT2D eigenvalue weighted by Crippen LogP contribution is -2.29. The predicted octanol–water partition coefficient (Wildman–Crippen LogP) is 3.97. The van der Waals surface area contributed by atoms with E-state index in [0.29, 0.717) is 0 Å². The fourth-order valence-corrected chi connectivity index (χ4v) is 2.32. The molecular weight excluding hydrogens is 194 g/mol. The fourth-order valence-electron chi connectivity index (χ4n) is 2.32. The molecule has 0 bridgehead atoms. The molecule has 2 rings (SSSR count). The molecule has 1 heterocycles. The SMILES string of the molecule is CC(C)(C)c1ccc(N2CCCCC2)cc1. The summed E-state index contributed by atoms with van der Waals surface area (Å²) in [5.41, 5.74) is 3.08. The molecule has 1 saturated heterocycles. The van der Waals surface area contributed by atoms with Gasteiger partial charge in [0.1, 0.15) is 0 Å². The van der Waals surface area contributed by atoms with Crippen LogP contribution in [0.4, 0.5) is 5.69 Å². The Morgan fingerprint density at radius 2 is 1.44 bits per heavy atom. The molecule has 1 aromatic rings. The summed E-state index contributed by atoms with van der Waals surface area (Å²) in [6, 6.07) is 9.13. The quantitative estimate of drug-likeness (QED) is 0.688. The highest BCUT2D eigenvalue weighted by molar-refractivity contribution is 5.48. The van der Waals surface area contributed by atoms with Crippen LogP contribution in [0.15, 0.2) is 24.3 Å². The molecule has 0 N–H and O–H groups in total. The monoisotopic (exact) mass is 217 g/mol. The highest BCUT2D eigenvalue weighted by Gasteiger charge is 2.15. The van der Waals surface area contributed by atoms with Crippen LogP contribution in [0.2, 0.25) is 0 Å². The molecule has 0 aliphatic carbocycles. The summed E-state index contributed by atoms with van der Waals surface area (Å²) in [5.74, 6) is 0. The van der Waals surface area contributed by atoms with Crippen molar-refractivity contribution in [2.75, 3.05) is 18.0 Å². The van der Waals surface area contributed by atoms with Crippen molar-refractivity contribution >= 4 is 5.69 Å². The van der Waals surface area contributed by atoms with Crippen LogP contribution in [0.3, 0.4) is 0 Å². The average Bonchev–Trinajstić information content (AvgIpc) is 2.29. The van der Waals surface area contributed by atoms with Crippen molar-refractivity contribution < 1.29 is 0 Å². The van der Waals surface area contributed by atoms with Crippen LogP contribution >= 0.6 is 0 Å². The first-order valence-electron chi connectivity index (χ1n) is 6.43. The Bertz CT molecular complexity index is 325. The molecule has 16 heavy (non-hydrogen) atoms. The minimum atomic E-state index is 0.264. The van der Waals surface area contributed by atoms with Gasteiger partial charge in [-0.1, -0.05) is 32.9 Å². The molecule has 1 aliphatic heterocycles. The minimum Gasteiger partial charge on any atom is -0.372 e. The van der Waals surface area contributed by atoms with Crippen LogP contribution in [0.5, 0.6) is 0 Å². The first-order chi connectivity index (χ1) is 7.57. The van der Waals surface area contributed by atoms with Crippen LogP contribution in [-0.4, -0.2) is 13.1 Å². The summed E-state index contributed by atoms with van der Waals surface area (Å²) >= 11 is 0. The van der Waals surface area contributed by atoms with Gasteiger partial charge in [-0.3, -0.25) is 0 Å². The van der Waals surface area contributed by atoms with E-state index in [9.17, 15) is 0 Å². The van der Waals surface area contributed by atoms with Gasteiger partial charge >= 0.3 is 0 Å². The van der Waals surface area contributed by atoms with E-state index in [1.54, 1.807) is 0 Å². The van der Waals surface area contributed by atoms with Crippen molar-refractivity contribution in [2.45, 2.75) is 45.4 Å². The molecular formula is C15H23N. The maximum atomic E-state index is 2.51. The Morgan fingerprint density at radius 1 is 0.875 bits per heavy atom. The minimum absolute atomic E-state index is 0.264. The Labute approximate surface area is 99.5 Å². The van der Waals surface area contributed by atoms with Crippen LogP contribution in [0, 0.1) is 0 Å². The van der Waals surface area contributed by atoms with Gasteiger partial charge in [0.25, 0.3) is 0 Å². The van der Waals surface area contributed by atoms with Gasteiger partial charge in [0.05, 0.1) is 0 Å². The molecule has 0 atom stereocenters. The molecule has 0 amide bonds. The topological polar surface area (TPSA) is 3.24 Å². The van der Waals surface area contributed by atoms with Crippen molar-refractivity contribution in [3.05, 3.63) is 29.8 Å². The molecule has 88 valence electrons. The second-order valence-corrected chi connectivity index (χ2v) is 5.84. The standard InChI is InChI=1S/C15H23N/c1-15(2,3)13-7-9-14(10-8-13)16-11-5-4-6-12-16/h7-10H,4-6,11-12H2,1-3H3. The van der Waals surface area contributed by atoms with Crippen molar-refractivity contribution in [1.29, 1.82) is 0 Å². The third kappa shape index (κ3) is 2.58. The summed E-state index contributed by atoms with van der Waals surface area (Å²) in [5, 5.41) is 0. The Morgan fingerprint density at radius 3 is 1.94 bits per heavy atom. The zero-order valence-corrected chi connectivity index (χ0v) is 10.8. The smallest absolute Gasteiger partial charge is 0.0366 e. The van der Waals surface area contributed by atoms with Crippen LogP contribution in [-0.2, 0) is 5.41 Å². The van der Waals surface area contributed by atoms with Gasteiger partial charge in [0.15, 0.2) is 0 Å². The molecule has 0 saturated carbocycles. The van der Waals surface area contributed by atoms with Gasteiger partial charge in [-0.25, -0.2) is 0 Å². The van der Waals surface area contributed by atoms with Crippen molar-refractivity contribution in [3.63, 3.8) is 0 Å². The Hall–Kier alpha value is -0.980. The molecule has 0 aromatic heterocycles. The van der Waals surface area contributed by atoms with Gasteiger partial charge in [-0.05, 0) is 42.4 Å². The van der Waals surface area contributed by atoms with Crippen molar-refractivity contribution in [3.8, 4) is 0 Å². The van der Waals surface area contributed by atoms with Crippen LogP contribution < -0.4 is 4.90 Å². The molecule has 1 nitrogen and oxygen atoms in total. The van der Waals surface area contributed by atoms with Gasteiger partial charge in [0.2, 0.25) is 0 Å². The number of nitrogens with zero attached hydrogens (tertiary/aromatic N) is 1. The molecule has 0 unspecified atom stereocenters. The van der Waals surface area contributed by atoms with E-state index in [2.05, 4.69) is 49.9 Å².